The zero-order valence-electron chi connectivity index (χ0n) is 16.1. The van der Waals surface area contributed by atoms with Crippen LogP contribution >= 0.6 is 0 Å². The lowest BCUT2D eigenvalue weighted by atomic mass is 9.75. The summed E-state index contributed by atoms with van der Waals surface area (Å²) in [7, 11) is 0. The van der Waals surface area contributed by atoms with Crippen LogP contribution in [-0.4, -0.2) is 5.78 Å². The highest BCUT2D eigenvalue weighted by Gasteiger charge is 2.30. The highest BCUT2D eigenvalue weighted by Crippen LogP contribution is 2.33. The summed E-state index contributed by atoms with van der Waals surface area (Å²) < 4.78 is 0. The third-order valence-corrected chi connectivity index (χ3v) is 5.72. The van der Waals surface area contributed by atoms with Gasteiger partial charge in [-0.15, -0.1) is 0 Å². The van der Waals surface area contributed by atoms with E-state index in [1.54, 1.807) is 0 Å². The van der Waals surface area contributed by atoms with Crippen molar-refractivity contribution in [3.05, 3.63) is 0 Å². The topological polar surface area (TPSA) is 17.1 Å². The molecule has 0 aromatic carbocycles. The van der Waals surface area contributed by atoms with E-state index >= 15 is 0 Å². The first kappa shape index (κ1) is 20.7. The summed E-state index contributed by atoms with van der Waals surface area (Å²) in [4.78, 5) is 12.7. The van der Waals surface area contributed by atoms with Gasteiger partial charge in [-0.2, -0.15) is 0 Å². The summed E-state index contributed by atoms with van der Waals surface area (Å²) in [6.45, 7) is 4.54. The minimum absolute atomic E-state index is 0.401. The molecule has 0 N–H and O–H groups in total. The van der Waals surface area contributed by atoms with Gasteiger partial charge in [0.1, 0.15) is 5.78 Å². The highest BCUT2D eigenvalue weighted by molar-refractivity contribution is 5.84. The van der Waals surface area contributed by atoms with Crippen molar-refractivity contribution in [2.24, 2.45) is 11.8 Å². The molecule has 0 aromatic heterocycles. The lowest BCUT2D eigenvalue weighted by Gasteiger charge is -2.28. The Balaban J connectivity index is 2.18. The smallest absolute Gasteiger partial charge is 0.139 e. The average molecular weight is 323 g/mol. The van der Waals surface area contributed by atoms with Gasteiger partial charge in [0, 0.05) is 11.8 Å². The molecule has 1 aliphatic carbocycles. The number of Topliss-reactive ketones (excluding diaryl/α,β-unsaturated/α-hetero) is 1. The van der Waals surface area contributed by atoms with Crippen molar-refractivity contribution in [3.63, 3.8) is 0 Å². The maximum absolute atomic E-state index is 12.7. The number of hydrogen-bond acceptors (Lipinski definition) is 1. The van der Waals surface area contributed by atoms with E-state index in [1.165, 1.54) is 109 Å². The Kier molecular flexibility index (Phi) is 12.7. The van der Waals surface area contributed by atoms with Crippen LogP contribution in [0, 0.1) is 11.8 Å². The Labute approximate surface area is 146 Å². The van der Waals surface area contributed by atoms with Crippen LogP contribution in [0.3, 0.4) is 0 Å². The van der Waals surface area contributed by atoms with Crippen molar-refractivity contribution in [3.8, 4) is 0 Å². The van der Waals surface area contributed by atoms with Gasteiger partial charge in [-0.1, -0.05) is 97.3 Å². The number of unbranched alkanes of at least 4 members (excludes halogenated alkanes) is 10. The molecule has 0 spiro atoms. The van der Waals surface area contributed by atoms with Crippen LogP contribution in [0.4, 0.5) is 0 Å². The van der Waals surface area contributed by atoms with Crippen LogP contribution < -0.4 is 0 Å². The van der Waals surface area contributed by atoms with Crippen LogP contribution in [0.5, 0.6) is 0 Å². The SMILES string of the molecule is CCCCCCCCC(CCCCCCCC)C(=O)C1CCC1. The van der Waals surface area contributed by atoms with Gasteiger partial charge in [0.05, 0.1) is 0 Å². The normalized spacial score (nSPS) is 15.1. The van der Waals surface area contributed by atoms with E-state index in [1.807, 2.05) is 0 Å². The second-order valence-corrected chi connectivity index (χ2v) is 7.84. The van der Waals surface area contributed by atoms with Crippen LogP contribution in [-0.2, 0) is 4.79 Å². The summed E-state index contributed by atoms with van der Waals surface area (Å²) in [6, 6.07) is 0. The van der Waals surface area contributed by atoms with E-state index in [0.717, 1.165) is 0 Å². The Bertz CT molecular complexity index is 264. The fourth-order valence-corrected chi connectivity index (χ4v) is 3.80. The van der Waals surface area contributed by atoms with E-state index in [9.17, 15) is 4.79 Å². The molecule has 0 amide bonds. The van der Waals surface area contributed by atoms with E-state index in [2.05, 4.69) is 13.8 Å². The van der Waals surface area contributed by atoms with Crippen molar-refractivity contribution in [2.75, 3.05) is 0 Å². The Morgan fingerprint density at radius 2 is 1.17 bits per heavy atom. The number of carbonyl (C=O) groups is 1. The average Bonchev–Trinajstić information content (AvgIpc) is 2.50. The maximum Gasteiger partial charge on any atom is 0.139 e. The molecule has 23 heavy (non-hydrogen) atoms. The molecule has 1 nitrogen and oxygen atoms in total. The lowest BCUT2D eigenvalue weighted by molar-refractivity contribution is -0.129. The highest BCUT2D eigenvalue weighted by atomic mass is 16.1. The van der Waals surface area contributed by atoms with Crippen molar-refractivity contribution < 1.29 is 4.79 Å². The zero-order chi connectivity index (χ0) is 16.8. The summed E-state index contributed by atoms with van der Waals surface area (Å²) in [5, 5.41) is 0. The summed E-state index contributed by atoms with van der Waals surface area (Å²) >= 11 is 0. The molecule has 0 bridgehead atoms. The minimum atomic E-state index is 0.401. The molecule has 1 saturated carbocycles. The van der Waals surface area contributed by atoms with Crippen LogP contribution in [0.15, 0.2) is 0 Å². The standard InChI is InChI=1S/C22H42O/c1-3-5-7-9-11-13-16-20(22(23)21-18-15-19-21)17-14-12-10-8-6-4-2/h20-21H,3-19H2,1-2H3. The second-order valence-electron chi connectivity index (χ2n) is 7.84. The number of rotatable bonds is 16. The first-order valence-electron chi connectivity index (χ1n) is 10.8. The Morgan fingerprint density at radius 1 is 0.739 bits per heavy atom. The predicted molar refractivity (Wildman–Crippen MR) is 102 cm³/mol. The van der Waals surface area contributed by atoms with Gasteiger partial charge >= 0.3 is 0 Å². The van der Waals surface area contributed by atoms with E-state index in [-0.39, 0.29) is 0 Å². The van der Waals surface area contributed by atoms with Crippen molar-refractivity contribution in [2.45, 2.75) is 123 Å². The van der Waals surface area contributed by atoms with Crippen LogP contribution in [0.2, 0.25) is 0 Å². The van der Waals surface area contributed by atoms with E-state index in [0.29, 0.717) is 17.6 Å². The number of carbonyl (C=O) groups excluding carboxylic acids is 1. The van der Waals surface area contributed by atoms with Gasteiger partial charge in [0.2, 0.25) is 0 Å². The predicted octanol–water partition coefficient (Wildman–Crippen LogP) is 7.47. The van der Waals surface area contributed by atoms with Gasteiger partial charge in [-0.05, 0) is 25.7 Å². The van der Waals surface area contributed by atoms with Crippen molar-refractivity contribution in [1.29, 1.82) is 0 Å². The van der Waals surface area contributed by atoms with Gasteiger partial charge in [-0.25, -0.2) is 0 Å². The minimum Gasteiger partial charge on any atom is -0.299 e. The fourth-order valence-electron chi connectivity index (χ4n) is 3.80. The molecule has 0 unspecified atom stereocenters. The Morgan fingerprint density at radius 3 is 1.57 bits per heavy atom. The molecule has 1 fully saturated rings. The molecule has 0 aromatic rings. The molecular formula is C22H42O. The van der Waals surface area contributed by atoms with Crippen LogP contribution in [0.1, 0.15) is 123 Å². The summed E-state index contributed by atoms with van der Waals surface area (Å²) in [5.41, 5.74) is 0. The zero-order valence-corrected chi connectivity index (χ0v) is 16.1. The van der Waals surface area contributed by atoms with E-state index in [4.69, 9.17) is 0 Å². The van der Waals surface area contributed by atoms with Gasteiger partial charge in [0.25, 0.3) is 0 Å². The summed E-state index contributed by atoms with van der Waals surface area (Å²) in [6.07, 6.45) is 22.1. The molecule has 0 heterocycles. The molecule has 136 valence electrons. The molecular weight excluding hydrogens is 280 g/mol. The van der Waals surface area contributed by atoms with Gasteiger partial charge < -0.3 is 0 Å². The largest absolute Gasteiger partial charge is 0.299 e. The van der Waals surface area contributed by atoms with Crippen LogP contribution in [0.25, 0.3) is 0 Å². The monoisotopic (exact) mass is 322 g/mol. The second kappa shape index (κ2) is 14.1. The summed E-state index contributed by atoms with van der Waals surface area (Å²) in [5.74, 6) is 1.48. The fraction of sp³-hybridized carbons (Fsp3) is 0.955. The van der Waals surface area contributed by atoms with Gasteiger partial charge in [-0.3, -0.25) is 4.79 Å². The molecule has 0 radical (unpaired) electrons. The number of ketones is 1. The van der Waals surface area contributed by atoms with Crippen molar-refractivity contribution >= 4 is 5.78 Å². The Hall–Kier alpha value is -0.330. The quantitative estimate of drug-likeness (QED) is 0.269. The van der Waals surface area contributed by atoms with E-state index < -0.39 is 0 Å². The molecule has 1 rings (SSSR count). The molecule has 0 aliphatic heterocycles. The maximum atomic E-state index is 12.7. The molecule has 0 saturated heterocycles. The molecule has 1 aliphatic rings. The third-order valence-electron chi connectivity index (χ3n) is 5.72. The van der Waals surface area contributed by atoms with Gasteiger partial charge in [0.15, 0.2) is 0 Å². The molecule has 0 atom stereocenters. The molecule has 1 heteroatoms. The first-order chi connectivity index (χ1) is 11.3. The van der Waals surface area contributed by atoms with Crippen molar-refractivity contribution in [1.82, 2.24) is 0 Å². The third kappa shape index (κ3) is 9.52. The first-order valence-corrected chi connectivity index (χ1v) is 10.8. The number of hydrogen-bond donors (Lipinski definition) is 0. The lowest BCUT2D eigenvalue weighted by Crippen LogP contribution is -2.28.